The first-order valence-corrected chi connectivity index (χ1v) is 7.99. The number of hydrogen-bond donors (Lipinski definition) is 0. The number of methoxy groups -OCH3 is 4. The van der Waals surface area contributed by atoms with Crippen LogP contribution in [0.2, 0.25) is 0 Å². The zero-order chi connectivity index (χ0) is 17.7. The van der Waals surface area contributed by atoms with Crippen LogP contribution in [0.5, 0.6) is 23.0 Å². The molecule has 2 rings (SSSR count). The fourth-order valence-electron chi connectivity index (χ4n) is 2.93. The van der Waals surface area contributed by atoms with Crippen molar-refractivity contribution in [3.05, 3.63) is 47.5 Å². The summed E-state index contributed by atoms with van der Waals surface area (Å²) in [4.78, 5) is 0. The van der Waals surface area contributed by atoms with Crippen molar-refractivity contribution in [2.75, 3.05) is 28.4 Å². The summed E-state index contributed by atoms with van der Waals surface area (Å²) in [5.74, 6) is 3.77. The average Bonchev–Trinajstić information content (AvgIpc) is 2.65. The van der Waals surface area contributed by atoms with Gasteiger partial charge in [-0.05, 0) is 48.2 Å². The predicted octanol–water partition coefficient (Wildman–Crippen LogP) is 4.63. The first-order chi connectivity index (χ1) is 11.5. The molecule has 4 nitrogen and oxygen atoms in total. The average molecular weight is 330 g/mol. The van der Waals surface area contributed by atoms with E-state index in [1.165, 1.54) is 0 Å². The molecule has 0 aliphatic carbocycles. The van der Waals surface area contributed by atoms with E-state index in [0.29, 0.717) is 0 Å². The van der Waals surface area contributed by atoms with Gasteiger partial charge in [0.1, 0.15) is 23.0 Å². The molecule has 0 fully saturated rings. The van der Waals surface area contributed by atoms with Crippen LogP contribution in [-0.4, -0.2) is 28.4 Å². The van der Waals surface area contributed by atoms with Crippen LogP contribution in [0.1, 0.15) is 36.8 Å². The topological polar surface area (TPSA) is 36.9 Å². The largest absolute Gasteiger partial charge is 0.497 e. The Labute approximate surface area is 144 Å². The van der Waals surface area contributed by atoms with Gasteiger partial charge in [-0.1, -0.05) is 13.8 Å². The van der Waals surface area contributed by atoms with Crippen LogP contribution >= 0.6 is 0 Å². The highest BCUT2D eigenvalue weighted by Crippen LogP contribution is 2.42. The van der Waals surface area contributed by atoms with E-state index in [-0.39, 0.29) is 11.8 Å². The second kappa shape index (κ2) is 7.95. The van der Waals surface area contributed by atoms with Crippen molar-refractivity contribution in [1.29, 1.82) is 0 Å². The summed E-state index contributed by atoms with van der Waals surface area (Å²) in [6.07, 6.45) is 0. The molecule has 0 aliphatic rings. The second-order valence-corrected chi connectivity index (χ2v) is 5.79. The van der Waals surface area contributed by atoms with Gasteiger partial charge in [0.05, 0.1) is 28.4 Å². The molecule has 0 spiro atoms. The quantitative estimate of drug-likeness (QED) is 0.742. The van der Waals surface area contributed by atoms with Crippen LogP contribution in [0.3, 0.4) is 0 Å². The molecule has 0 unspecified atom stereocenters. The Balaban J connectivity index is 2.44. The molecule has 2 aromatic rings. The third-order valence-corrected chi connectivity index (χ3v) is 4.60. The van der Waals surface area contributed by atoms with E-state index in [1.807, 2.05) is 36.4 Å². The van der Waals surface area contributed by atoms with E-state index in [1.54, 1.807) is 28.4 Å². The normalized spacial score (nSPS) is 13.1. The summed E-state index contributed by atoms with van der Waals surface area (Å²) in [6, 6.07) is 11.8. The standard InChI is InChI=1S/C20H26O4/c1-13(17-11-15(21-3)7-9-19(17)23-5)14(2)18-12-16(22-4)8-10-20(18)24-6/h7-14H,1-6H3/t13-,14+. The van der Waals surface area contributed by atoms with Crippen molar-refractivity contribution < 1.29 is 18.9 Å². The molecule has 0 N–H and O–H groups in total. The molecular formula is C20H26O4. The van der Waals surface area contributed by atoms with Crippen molar-refractivity contribution in [2.45, 2.75) is 25.7 Å². The lowest BCUT2D eigenvalue weighted by Gasteiger charge is -2.25. The molecule has 0 radical (unpaired) electrons. The van der Waals surface area contributed by atoms with Gasteiger partial charge in [0.25, 0.3) is 0 Å². The van der Waals surface area contributed by atoms with Crippen molar-refractivity contribution in [2.24, 2.45) is 0 Å². The number of benzene rings is 2. The van der Waals surface area contributed by atoms with Gasteiger partial charge < -0.3 is 18.9 Å². The Bertz CT molecular complexity index is 622. The van der Waals surface area contributed by atoms with E-state index >= 15 is 0 Å². The highest BCUT2D eigenvalue weighted by molar-refractivity contribution is 5.47. The predicted molar refractivity (Wildman–Crippen MR) is 95.9 cm³/mol. The molecule has 2 atom stereocenters. The summed E-state index contributed by atoms with van der Waals surface area (Å²) in [5.41, 5.74) is 2.21. The van der Waals surface area contributed by atoms with E-state index < -0.39 is 0 Å². The van der Waals surface area contributed by atoms with Crippen molar-refractivity contribution in [3.63, 3.8) is 0 Å². The van der Waals surface area contributed by atoms with Gasteiger partial charge in [-0.3, -0.25) is 0 Å². The zero-order valence-electron chi connectivity index (χ0n) is 15.3. The van der Waals surface area contributed by atoms with Gasteiger partial charge in [0, 0.05) is 11.1 Å². The second-order valence-electron chi connectivity index (χ2n) is 5.79. The van der Waals surface area contributed by atoms with Crippen LogP contribution < -0.4 is 18.9 Å². The van der Waals surface area contributed by atoms with Gasteiger partial charge in [-0.25, -0.2) is 0 Å². The minimum atomic E-state index is 0.205. The molecule has 0 aliphatic heterocycles. The Hall–Kier alpha value is -2.36. The maximum Gasteiger partial charge on any atom is 0.122 e. The minimum absolute atomic E-state index is 0.205. The number of hydrogen-bond acceptors (Lipinski definition) is 4. The summed E-state index contributed by atoms with van der Waals surface area (Å²) in [6.45, 7) is 4.36. The van der Waals surface area contributed by atoms with Gasteiger partial charge >= 0.3 is 0 Å². The Kier molecular flexibility index (Phi) is 5.96. The molecule has 24 heavy (non-hydrogen) atoms. The molecule has 4 heteroatoms. The van der Waals surface area contributed by atoms with Crippen LogP contribution in [0.4, 0.5) is 0 Å². The fourth-order valence-corrected chi connectivity index (χ4v) is 2.93. The number of ether oxygens (including phenoxy) is 4. The van der Waals surface area contributed by atoms with E-state index in [9.17, 15) is 0 Å². The molecule has 0 saturated carbocycles. The van der Waals surface area contributed by atoms with Crippen molar-refractivity contribution in [1.82, 2.24) is 0 Å². The molecule has 0 heterocycles. The molecule has 130 valence electrons. The molecule has 0 aromatic heterocycles. The van der Waals surface area contributed by atoms with Crippen LogP contribution in [0.15, 0.2) is 36.4 Å². The Morgan fingerprint density at radius 1 is 0.583 bits per heavy atom. The zero-order valence-corrected chi connectivity index (χ0v) is 15.3. The Morgan fingerprint density at radius 2 is 0.958 bits per heavy atom. The summed E-state index contributed by atoms with van der Waals surface area (Å²) < 4.78 is 21.8. The van der Waals surface area contributed by atoms with E-state index in [0.717, 1.165) is 34.1 Å². The monoisotopic (exact) mass is 330 g/mol. The van der Waals surface area contributed by atoms with Gasteiger partial charge in [0.15, 0.2) is 0 Å². The van der Waals surface area contributed by atoms with Crippen LogP contribution in [0.25, 0.3) is 0 Å². The van der Waals surface area contributed by atoms with E-state index in [2.05, 4.69) is 13.8 Å². The number of rotatable bonds is 7. The molecule has 0 saturated heterocycles. The third-order valence-electron chi connectivity index (χ3n) is 4.60. The lowest BCUT2D eigenvalue weighted by Crippen LogP contribution is -2.08. The summed E-state index contributed by atoms with van der Waals surface area (Å²) >= 11 is 0. The van der Waals surface area contributed by atoms with Gasteiger partial charge in [-0.2, -0.15) is 0 Å². The fraction of sp³-hybridized carbons (Fsp3) is 0.400. The lowest BCUT2D eigenvalue weighted by molar-refractivity contribution is 0.385. The summed E-state index contributed by atoms with van der Waals surface area (Å²) in [5, 5.41) is 0. The maximum atomic E-state index is 5.54. The highest BCUT2D eigenvalue weighted by atomic mass is 16.5. The molecule has 2 aromatic carbocycles. The van der Waals surface area contributed by atoms with Crippen LogP contribution in [-0.2, 0) is 0 Å². The maximum absolute atomic E-state index is 5.54. The lowest BCUT2D eigenvalue weighted by atomic mass is 9.83. The first kappa shape index (κ1) is 18.0. The molecule has 0 bridgehead atoms. The van der Waals surface area contributed by atoms with Crippen molar-refractivity contribution in [3.8, 4) is 23.0 Å². The minimum Gasteiger partial charge on any atom is -0.497 e. The Morgan fingerprint density at radius 3 is 1.25 bits per heavy atom. The van der Waals surface area contributed by atoms with Crippen LogP contribution in [0, 0.1) is 0 Å². The van der Waals surface area contributed by atoms with E-state index in [4.69, 9.17) is 18.9 Å². The summed E-state index contributed by atoms with van der Waals surface area (Å²) in [7, 11) is 6.72. The highest BCUT2D eigenvalue weighted by Gasteiger charge is 2.23. The van der Waals surface area contributed by atoms with Gasteiger partial charge in [0.2, 0.25) is 0 Å². The SMILES string of the molecule is COc1ccc(OC)c([C@@H](C)[C@@H](C)c2cc(OC)ccc2OC)c1. The van der Waals surface area contributed by atoms with Gasteiger partial charge in [-0.15, -0.1) is 0 Å². The first-order valence-electron chi connectivity index (χ1n) is 7.99. The molecule has 0 amide bonds. The van der Waals surface area contributed by atoms with Crippen molar-refractivity contribution >= 4 is 0 Å². The molecular weight excluding hydrogens is 304 g/mol. The third kappa shape index (κ3) is 3.58. The smallest absolute Gasteiger partial charge is 0.122 e.